The summed E-state index contributed by atoms with van der Waals surface area (Å²) in [5, 5.41) is 2.71. The first kappa shape index (κ1) is 19.9. The fourth-order valence-electron chi connectivity index (χ4n) is 2.28. The molecule has 0 saturated carbocycles. The SMILES string of the molecule is Cc1ccc(OCCN(C)CC(=O)Nc2cccc(S(C)(=O)=O)c2)cc1. The number of ether oxygens (including phenoxy) is 1. The number of nitrogens with zero attached hydrogens (tertiary/aromatic N) is 1. The summed E-state index contributed by atoms with van der Waals surface area (Å²) in [7, 11) is -1.48. The molecule has 2 aromatic rings. The van der Waals surface area contributed by atoms with Gasteiger partial charge in [0.15, 0.2) is 9.84 Å². The third-order valence-corrected chi connectivity index (χ3v) is 4.83. The third kappa shape index (κ3) is 6.50. The molecule has 0 atom stereocenters. The van der Waals surface area contributed by atoms with E-state index < -0.39 is 9.84 Å². The third-order valence-electron chi connectivity index (χ3n) is 3.72. The van der Waals surface area contributed by atoms with Crippen molar-refractivity contribution in [2.45, 2.75) is 11.8 Å². The van der Waals surface area contributed by atoms with Crippen LogP contribution in [0.4, 0.5) is 5.69 Å². The highest BCUT2D eigenvalue weighted by molar-refractivity contribution is 7.90. The molecule has 0 aliphatic rings. The normalized spacial score (nSPS) is 11.4. The highest BCUT2D eigenvalue weighted by atomic mass is 32.2. The predicted octanol–water partition coefficient (Wildman–Crippen LogP) is 2.35. The van der Waals surface area contributed by atoms with Crippen molar-refractivity contribution < 1.29 is 17.9 Å². The van der Waals surface area contributed by atoms with Crippen LogP contribution in [-0.4, -0.2) is 52.2 Å². The van der Waals surface area contributed by atoms with Crippen molar-refractivity contribution in [1.82, 2.24) is 4.90 Å². The van der Waals surface area contributed by atoms with Gasteiger partial charge in [0.1, 0.15) is 12.4 Å². The van der Waals surface area contributed by atoms with Gasteiger partial charge in [-0.25, -0.2) is 8.42 Å². The number of hydrogen-bond donors (Lipinski definition) is 1. The topological polar surface area (TPSA) is 75.7 Å². The summed E-state index contributed by atoms with van der Waals surface area (Å²) in [6, 6.07) is 14.0. The van der Waals surface area contributed by atoms with E-state index in [1.165, 1.54) is 17.7 Å². The lowest BCUT2D eigenvalue weighted by atomic mass is 10.2. The van der Waals surface area contributed by atoms with Gasteiger partial charge >= 0.3 is 0 Å². The van der Waals surface area contributed by atoms with Crippen LogP contribution in [0.25, 0.3) is 0 Å². The summed E-state index contributed by atoms with van der Waals surface area (Å²) in [4.78, 5) is 14.1. The molecular formula is C19H24N2O4S. The van der Waals surface area contributed by atoms with Crippen molar-refractivity contribution in [2.24, 2.45) is 0 Å². The standard InChI is InChI=1S/C19H24N2O4S/c1-15-7-9-17(10-8-15)25-12-11-21(2)14-19(22)20-16-5-4-6-18(13-16)26(3,23)24/h4-10,13H,11-12,14H2,1-3H3,(H,20,22). The van der Waals surface area contributed by atoms with E-state index in [1.807, 2.05) is 43.1 Å². The Morgan fingerprint density at radius 3 is 2.50 bits per heavy atom. The molecule has 26 heavy (non-hydrogen) atoms. The van der Waals surface area contributed by atoms with Gasteiger partial charge in [0.05, 0.1) is 11.4 Å². The number of rotatable bonds is 8. The second kappa shape index (κ2) is 8.82. The van der Waals surface area contributed by atoms with Crippen molar-refractivity contribution in [3.63, 3.8) is 0 Å². The molecule has 0 heterocycles. The number of carbonyl (C=O) groups excluding carboxylic acids is 1. The van der Waals surface area contributed by atoms with E-state index in [0.717, 1.165) is 12.0 Å². The Morgan fingerprint density at radius 1 is 1.15 bits per heavy atom. The summed E-state index contributed by atoms with van der Waals surface area (Å²) in [6.07, 6.45) is 1.13. The van der Waals surface area contributed by atoms with Crippen LogP contribution in [-0.2, 0) is 14.6 Å². The average Bonchev–Trinajstić information content (AvgIpc) is 2.56. The van der Waals surface area contributed by atoms with Gasteiger partial charge in [0, 0.05) is 18.5 Å². The first-order valence-electron chi connectivity index (χ1n) is 8.22. The first-order chi connectivity index (χ1) is 12.2. The lowest BCUT2D eigenvalue weighted by molar-refractivity contribution is -0.117. The van der Waals surface area contributed by atoms with Crippen LogP contribution in [0.15, 0.2) is 53.4 Å². The van der Waals surface area contributed by atoms with Gasteiger partial charge in [0.2, 0.25) is 5.91 Å². The minimum absolute atomic E-state index is 0.176. The molecule has 2 rings (SSSR count). The van der Waals surface area contributed by atoms with Crippen molar-refractivity contribution in [2.75, 3.05) is 38.3 Å². The van der Waals surface area contributed by atoms with Gasteiger partial charge in [0.25, 0.3) is 0 Å². The molecular weight excluding hydrogens is 352 g/mol. The number of likely N-dealkylation sites (N-methyl/N-ethyl adjacent to an activating group) is 1. The largest absolute Gasteiger partial charge is 0.492 e. The van der Waals surface area contributed by atoms with Gasteiger partial charge in [-0.3, -0.25) is 9.69 Å². The van der Waals surface area contributed by atoms with Crippen LogP contribution in [0.3, 0.4) is 0 Å². The Morgan fingerprint density at radius 2 is 1.85 bits per heavy atom. The Hall–Kier alpha value is -2.38. The molecule has 0 aromatic heterocycles. The Labute approximate surface area is 154 Å². The Bertz CT molecular complexity index is 848. The average molecular weight is 376 g/mol. The number of amides is 1. The van der Waals surface area contributed by atoms with Crippen molar-refractivity contribution in [3.8, 4) is 5.75 Å². The molecule has 0 aliphatic heterocycles. The van der Waals surface area contributed by atoms with Gasteiger partial charge in [-0.1, -0.05) is 23.8 Å². The molecule has 1 N–H and O–H groups in total. The number of nitrogens with one attached hydrogen (secondary N) is 1. The summed E-state index contributed by atoms with van der Waals surface area (Å²) < 4.78 is 28.8. The molecule has 1 amide bonds. The van der Waals surface area contributed by atoms with E-state index in [-0.39, 0.29) is 17.3 Å². The number of benzene rings is 2. The number of aryl methyl sites for hydroxylation is 1. The fourth-order valence-corrected chi connectivity index (χ4v) is 2.95. The van der Waals surface area contributed by atoms with Crippen LogP contribution in [0, 0.1) is 6.92 Å². The highest BCUT2D eigenvalue weighted by Gasteiger charge is 2.10. The van der Waals surface area contributed by atoms with Crippen LogP contribution >= 0.6 is 0 Å². The zero-order valence-electron chi connectivity index (χ0n) is 15.2. The molecule has 0 spiro atoms. The van der Waals surface area contributed by atoms with E-state index in [4.69, 9.17) is 4.74 Å². The van der Waals surface area contributed by atoms with E-state index in [0.29, 0.717) is 18.8 Å². The van der Waals surface area contributed by atoms with E-state index >= 15 is 0 Å². The van der Waals surface area contributed by atoms with E-state index in [2.05, 4.69) is 5.32 Å². The van der Waals surface area contributed by atoms with Crippen LogP contribution < -0.4 is 10.1 Å². The second-order valence-electron chi connectivity index (χ2n) is 6.25. The number of hydrogen-bond acceptors (Lipinski definition) is 5. The molecule has 6 nitrogen and oxygen atoms in total. The lowest BCUT2D eigenvalue weighted by Crippen LogP contribution is -2.33. The molecule has 7 heteroatoms. The molecule has 2 aromatic carbocycles. The molecule has 140 valence electrons. The van der Waals surface area contributed by atoms with Gasteiger partial charge in [-0.2, -0.15) is 0 Å². The monoisotopic (exact) mass is 376 g/mol. The smallest absolute Gasteiger partial charge is 0.238 e. The first-order valence-corrected chi connectivity index (χ1v) is 10.1. The maximum atomic E-state index is 12.1. The molecule has 0 saturated heterocycles. The molecule has 0 unspecified atom stereocenters. The van der Waals surface area contributed by atoms with E-state index in [1.54, 1.807) is 12.1 Å². The maximum Gasteiger partial charge on any atom is 0.238 e. The van der Waals surface area contributed by atoms with E-state index in [9.17, 15) is 13.2 Å². The van der Waals surface area contributed by atoms with Gasteiger partial charge in [-0.15, -0.1) is 0 Å². The van der Waals surface area contributed by atoms with Crippen molar-refractivity contribution >= 4 is 21.4 Å². The van der Waals surface area contributed by atoms with Gasteiger partial charge in [-0.05, 0) is 44.3 Å². The van der Waals surface area contributed by atoms with Crippen LogP contribution in [0.5, 0.6) is 5.75 Å². The Kier molecular flexibility index (Phi) is 6.76. The number of carbonyl (C=O) groups is 1. The highest BCUT2D eigenvalue weighted by Crippen LogP contribution is 2.15. The fraction of sp³-hybridized carbons (Fsp3) is 0.316. The maximum absolute atomic E-state index is 12.1. The summed E-state index contributed by atoms with van der Waals surface area (Å²) in [5.41, 5.74) is 1.63. The van der Waals surface area contributed by atoms with Crippen molar-refractivity contribution in [1.29, 1.82) is 0 Å². The molecule has 0 aliphatic carbocycles. The zero-order valence-corrected chi connectivity index (χ0v) is 16.0. The van der Waals surface area contributed by atoms with Crippen LogP contribution in [0.1, 0.15) is 5.56 Å². The predicted molar refractivity (Wildman–Crippen MR) is 102 cm³/mol. The number of anilines is 1. The molecule has 0 radical (unpaired) electrons. The van der Waals surface area contributed by atoms with Gasteiger partial charge < -0.3 is 10.1 Å². The minimum atomic E-state index is -3.30. The molecule has 0 fully saturated rings. The summed E-state index contributed by atoms with van der Waals surface area (Å²) in [6.45, 7) is 3.25. The van der Waals surface area contributed by atoms with Crippen molar-refractivity contribution in [3.05, 3.63) is 54.1 Å². The second-order valence-corrected chi connectivity index (χ2v) is 8.26. The zero-order chi connectivity index (χ0) is 19.2. The number of sulfone groups is 1. The summed E-state index contributed by atoms with van der Waals surface area (Å²) in [5.74, 6) is 0.583. The van der Waals surface area contributed by atoms with Crippen LogP contribution in [0.2, 0.25) is 0 Å². The molecule has 0 bridgehead atoms. The Balaban J connectivity index is 1.79. The quantitative estimate of drug-likeness (QED) is 0.765. The lowest BCUT2D eigenvalue weighted by Gasteiger charge is -2.17. The summed E-state index contributed by atoms with van der Waals surface area (Å²) >= 11 is 0. The minimum Gasteiger partial charge on any atom is -0.492 e.